The molecule has 0 radical (unpaired) electrons. The molecule has 0 fully saturated rings. The fourth-order valence-electron chi connectivity index (χ4n) is 0.307. The molecule has 0 N–H and O–H groups in total. The van der Waals surface area contributed by atoms with Gasteiger partial charge in [-0.3, -0.25) is 0 Å². The lowest BCUT2D eigenvalue weighted by atomic mass is 10.7. The van der Waals surface area contributed by atoms with E-state index in [2.05, 4.69) is 34.3 Å². The Morgan fingerprint density at radius 1 is 0.875 bits per heavy atom. The van der Waals surface area contributed by atoms with Crippen LogP contribution in [0.5, 0.6) is 0 Å². The Balaban J connectivity index is 4.21. The molecule has 0 heterocycles. The zero-order chi connectivity index (χ0) is 13.1. The summed E-state index contributed by atoms with van der Waals surface area (Å²) in [7, 11) is -3.63. The van der Waals surface area contributed by atoms with Crippen LogP contribution in [0.1, 0.15) is 0 Å². The number of halogens is 6. The zero-order valence-corrected chi connectivity index (χ0v) is 9.67. The summed E-state index contributed by atoms with van der Waals surface area (Å²) in [6.07, 6.45) is -9.94. The predicted octanol–water partition coefficient (Wildman–Crippen LogP) is 3.31. The number of rotatable bonds is 4. The summed E-state index contributed by atoms with van der Waals surface area (Å²) < 4.78 is 88.2. The van der Waals surface area contributed by atoms with Crippen molar-refractivity contribution in [3.63, 3.8) is 0 Å². The van der Waals surface area contributed by atoms with Crippen LogP contribution in [-0.2, 0) is 13.6 Å². The minimum absolute atomic E-state index is 2.80. The number of hydrogen-bond donors (Lipinski definition) is 2. The fraction of sp³-hybridized carbons (Fsp3) is 1.00. The molecule has 3 nitrogen and oxygen atoms in total. The lowest BCUT2D eigenvalue weighted by Crippen LogP contribution is -2.27. The molecule has 0 saturated heterocycles. The number of thiol groups is 2. The average molecular weight is 309 g/mol. The van der Waals surface area contributed by atoms with Crippen molar-refractivity contribution >= 4 is 33.5 Å². The second-order valence-corrected chi connectivity index (χ2v) is 4.03. The SMILES string of the molecule is O=[P+](O[C@H](S)C(F)(F)F)O[C@H](S)C(F)(F)F. The predicted molar refractivity (Wildman–Crippen MR) is 47.4 cm³/mol. The highest BCUT2D eigenvalue weighted by atomic mass is 32.1. The van der Waals surface area contributed by atoms with Crippen molar-refractivity contribution in [2.75, 3.05) is 0 Å². The third-order valence-corrected chi connectivity index (χ3v) is 2.83. The molecule has 0 aliphatic rings. The molecular formula is C4H4F6O3PS2+. The highest BCUT2D eigenvalue weighted by Crippen LogP contribution is 2.39. The molecule has 0 aliphatic heterocycles. The van der Waals surface area contributed by atoms with Gasteiger partial charge in [0.1, 0.15) is 0 Å². The molecule has 0 aromatic rings. The van der Waals surface area contributed by atoms with E-state index in [1.54, 1.807) is 0 Å². The molecule has 2 atom stereocenters. The average Bonchev–Trinajstić information content (AvgIpc) is 1.99. The van der Waals surface area contributed by atoms with Crippen LogP contribution in [0.25, 0.3) is 0 Å². The Hall–Kier alpha value is 0.300. The molecule has 0 rings (SSSR count). The van der Waals surface area contributed by atoms with Crippen molar-refractivity contribution in [3.05, 3.63) is 0 Å². The lowest BCUT2D eigenvalue weighted by Gasteiger charge is -2.10. The molecule has 0 saturated carbocycles. The van der Waals surface area contributed by atoms with Crippen LogP contribution < -0.4 is 0 Å². The minimum atomic E-state index is -4.97. The summed E-state index contributed by atoms with van der Waals surface area (Å²) in [6.45, 7) is 0. The van der Waals surface area contributed by atoms with Gasteiger partial charge >= 0.3 is 20.6 Å². The molecule has 0 bridgehead atoms. The first-order valence-corrected chi connectivity index (χ1v) is 5.38. The van der Waals surface area contributed by atoms with E-state index in [1.165, 1.54) is 0 Å². The van der Waals surface area contributed by atoms with Crippen LogP contribution in [0, 0.1) is 0 Å². The highest BCUT2D eigenvalue weighted by molar-refractivity contribution is 7.81. The van der Waals surface area contributed by atoms with Crippen molar-refractivity contribution in [2.24, 2.45) is 0 Å². The van der Waals surface area contributed by atoms with Gasteiger partial charge in [-0.05, 0) is 0 Å². The first kappa shape index (κ1) is 16.3. The van der Waals surface area contributed by atoms with Crippen molar-refractivity contribution in [2.45, 2.75) is 23.2 Å². The monoisotopic (exact) mass is 309 g/mol. The first-order valence-electron chi connectivity index (χ1n) is 3.25. The van der Waals surface area contributed by atoms with E-state index in [9.17, 15) is 30.9 Å². The van der Waals surface area contributed by atoms with Crippen LogP contribution in [-0.4, -0.2) is 23.2 Å². The molecule has 0 aliphatic carbocycles. The normalized spacial score (nSPS) is 17.0. The third-order valence-electron chi connectivity index (χ3n) is 0.932. The van der Waals surface area contributed by atoms with Crippen molar-refractivity contribution in [1.29, 1.82) is 0 Å². The Bertz CT molecular complexity index is 231. The summed E-state index contributed by atoms with van der Waals surface area (Å²) in [4.78, 5) is 0. The summed E-state index contributed by atoms with van der Waals surface area (Å²) in [5.74, 6) is 0. The fourth-order valence-corrected chi connectivity index (χ4v) is 1.38. The van der Waals surface area contributed by atoms with Gasteiger partial charge in [0.15, 0.2) is 0 Å². The summed E-state index contributed by atoms with van der Waals surface area (Å²) in [6, 6.07) is 0. The molecule has 0 aromatic carbocycles. The van der Waals surface area contributed by atoms with Crippen LogP contribution >= 0.6 is 33.5 Å². The van der Waals surface area contributed by atoms with E-state index in [-0.39, 0.29) is 0 Å². The van der Waals surface area contributed by atoms with Crippen LogP contribution in [0.2, 0.25) is 0 Å². The third kappa shape index (κ3) is 6.14. The largest absolute Gasteiger partial charge is 0.700 e. The number of hydrogen-bond acceptors (Lipinski definition) is 5. The maximum atomic E-state index is 11.8. The quantitative estimate of drug-likeness (QED) is 0.362. The summed E-state index contributed by atoms with van der Waals surface area (Å²) >= 11 is 5.66. The minimum Gasteiger partial charge on any atom is -0.167 e. The molecule has 16 heavy (non-hydrogen) atoms. The molecule has 0 amide bonds. The molecule has 12 heteroatoms. The molecule has 0 aromatic heterocycles. The lowest BCUT2D eigenvalue weighted by molar-refractivity contribution is -0.176. The molecule has 0 spiro atoms. The van der Waals surface area contributed by atoms with Crippen molar-refractivity contribution in [3.8, 4) is 0 Å². The van der Waals surface area contributed by atoms with Crippen LogP contribution in [0.15, 0.2) is 0 Å². The Morgan fingerprint density at radius 3 is 1.31 bits per heavy atom. The second kappa shape index (κ2) is 5.76. The molecule has 0 unspecified atom stereocenters. The smallest absolute Gasteiger partial charge is 0.167 e. The maximum Gasteiger partial charge on any atom is 0.700 e. The first-order chi connectivity index (χ1) is 6.94. The van der Waals surface area contributed by atoms with Crippen LogP contribution in [0.3, 0.4) is 0 Å². The van der Waals surface area contributed by atoms with Crippen molar-refractivity contribution in [1.82, 2.24) is 0 Å². The summed E-state index contributed by atoms with van der Waals surface area (Å²) in [5, 5.41) is 0. The van der Waals surface area contributed by atoms with E-state index in [0.29, 0.717) is 0 Å². The van der Waals surface area contributed by atoms with Gasteiger partial charge in [0.25, 0.3) is 10.9 Å². The van der Waals surface area contributed by atoms with Crippen molar-refractivity contribution < 1.29 is 40.0 Å². The van der Waals surface area contributed by atoms with E-state index in [4.69, 9.17) is 0 Å². The van der Waals surface area contributed by atoms with Gasteiger partial charge in [-0.2, -0.15) is 26.3 Å². The van der Waals surface area contributed by atoms with E-state index in [1.807, 2.05) is 0 Å². The maximum absolute atomic E-state index is 11.8. The Morgan fingerprint density at radius 2 is 1.12 bits per heavy atom. The second-order valence-electron chi connectivity index (χ2n) is 2.22. The number of alkyl halides is 6. The Labute approximate surface area is 97.2 Å². The van der Waals surface area contributed by atoms with Gasteiger partial charge < -0.3 is 0 Å². The zero-order valence-electron chi connectivity index (χ0n) is 6.99. The molecular weight excluding hydrogens is 305 g/mol. The topological polar surface area (TPSA) is 35.5 Å². The van der Waals surface area contributed by atoms with Gasteiger partial charge in [-0.15, -0.1) is 25.3 Å². The van der Waals surface area contributed by atoms with Gasteiger partial charge in [-0.25, -0.2) is 0 Å². The standard InChI is InChI=1S/C4H3F6O3PS2/c5-3(6,7)1(15)12-14(11)13-2(16)4(8,9)10/h1-2H,(H-,15,16)/p+1/t1-,2-/m1/s1. The van der Waals surface area contributed by atoms with Gasteiger partial charge in [0, 0.05) is 4.57 Å². The van der Waals surface area contributed by atoms with E-state index >= 15 is 0 Å². The summed E-state index contributed by atoms with van der Waals surface area (Å²) in [5.41, 5.74) is -5.60. The van der Waals surface area contributed by atoms with Gasteiger partial charge in [-0.1, -0.05) is 9.05 Å². The van der Waals surface area contributed by atoms with Crippen LogP contribution in [0.4, 0.5) is 26.3 Å². The van der Waals surface area contributed by atoms with E-state index in [0.717, 1.165) is 0 Å². The molecule has 96 valence electrons. The van der Waals surface area contributed by atoms with Gasteiger partial charge in [0.2, 0.25) is 0 Å². The van der Waals surface area contributed by atoms with Gasteiger partial charge in [0.05, 0.1) is 0 Å². The Kier molecular flexibility index (Phi) is 5.87. The highest BCUT2D eigenvalue weighted by Gasteiger charge is 2.49. The van der Waals surface area contributed by atoms with E-state index < -0.39 is 31.5 Å².